The molecule has 0 aromatic heterocycles. The van der Waals surface area contributed by atoms with Crippen LogP contribution in [0.3, 0.4) is 0 Å². The normalized spacial score (nSPS) is 19.2. The highest BCUT2D eigenvalue weighted by Gasteiger charge is 2.32. The highest BCUT2D eigenvalue weighted by Crippen LogP contribution is 2.34. The maximum Gasteiger partial charge on any atom is 0.242 e. The van der Waals surface area contributed by atoms with E-state index in [9.17, 15) is 13.5 Å². The summed E-state index contributed by atoms with van der Waals surface area (Å²) < 4.78 is 25.7. The largest absolute Gasteiger partial charge is 0.396 e. The summed E-state index contributed by atoms with van der Waals surface area (Å²) in [7, 11) is -0.290. The number of sulfonamides is 1. The zero-order chi connectivity index (χ0) is 17.1. The molecule has 1 aromatic rings. The highest BCUT2D eigenvalue weighted by atomic mass is 32.2. The van der Waals surface area contributed by atoms with E-state index >= 15 is 0 Å². The van der Waals surface area contributed by atoms with Crippen molar-refractivity contribution in [1.82, 2.24) is 9.21 Å². The lowest BCUT2D eigenvalue weighted by molar-refractivity contribution is 0.0382. The third-order valence-corrected chi connectivity index (χ3v) is 6.90. The van der Waals surface area contributed by atoms with Crippen LogP contribution < -0.4 is 0 Å². The molecule has 130 valence electrons. The van der Waals surface area contributed by atoms with Gasteiger partial charge >= 0.3 is 0 Å². The molecule has 2 rings (SSSR count). The monoisotopic (exact) mass is 340 g/mol. The molecule has 0 unspecified atom stereocenters. The minimum absolute atomic E-state index is 0.0760. The van der Waals surface area contributed by atoms with Crippen LogP contribution in [0.15, 0.2) is 29.2 Å². The number of piperidine rings is 1. The molecule has 0 radical (unpaired) electrons. The Balaban J connectivity index is 2.05. The lowest BCUT2D eigenvalue weighted by Crippen LogP contribution is -2.41. The quantitative estimate of drug-likeness (QED) is 0.859. The van der Waals surface area contributed by atoms with Crippen LogP contribution in [0.4, 0.5) is 0 Å². The average Bonchev–Trinajstić information content (AvgIpc) is 2.56. The van der Waals surface area contributed by atoms with Crippen LogP contribution in [0.1, 0.15) is 31.7 Å². The second-order valence-corrected chi connectivity index (χ2v) is 8.87. The smallest absolute Gasteiger partial charge is 0.242 e. The van der Waals surface area contributed by atoms with Crippen LogP contribution in [-0.4, -0.2) is 56.5 Å². The van der Waals surface area contributed by atoms with Crippen molar-refractivity contribution in [2.75, 3.05) is 33.8 Å². The molecular weight excluding hydrogens is 312 g/mol. The van der Waals surface area contributed by atoms with Gasteiger partial charge in [0.05, 0.1) is 4.90 Å². The van der Waals surface area contributed by atoms with Gasteiger partial charge in [-0.05, 0) is 55.5 Å². The fourth-order valence-corrected chi connectivity index (χ4v) is 4.05. The van der Waals surface area contributed by atoms with Gasteiger partial charge in [0.2, 0.25) is 10.0 Å². The number of nitrogens with zero attached hydrogens (tertiary/aromatic N) is 2. The standard InChI is InChI=1S/C17H28N2O3S/c1-4-17(14-20)8-10-19(11-9-17)13-15-6-5-7-16(12-15)23(21,22)18(2)3/h5-7,12,20H,4,8-11,13-14H2,1-3H3. The molecule has 5 nitrogen and oxygen atoms in total. The highest BCUT2D eigenvalue weighted by molar-refractivity contribution is 7.89. The molecule has 1 aliphatic rings. The minimum Gasteiger partial charge on any atom is -0.396 e. The van der Waals surface area contributed by atoms with E-state index in [0.717, 1.165) is 44.5 Å². The molecule has 0 atom stereocenters. The Morgan fingerprint density at radius 2 is 1.91 bits per heavy atom. The van der Waals surface area contributed by atoms with Crippen molar-refractivity contribution in [1.29, 1.82) is 0 Å². The van der Waals surface area contributed by atoms with Gasteiger partial charge in [-0.25, -0.2) is 12.7 Å². The number of benzene rings is 1. The third-order valence-electron chi connectivity index (χ3n) is 5.09. The molecule has 0 bridgehead atoms. The van der Waals surface area contributed by atoms with E-state index in [1.165, 1.54) is 4.31 Å². The second-order valence-electron chi connectivity index (χ2n) is 6.72. The van der Waals surface area contributed by atoms with Crippen molar-refractivity contribution in [3.63, 3.8) is 0 Å². The lowest BCUT2D eigenvalue weighted by Gasteiger charge is -2.40. The van der Waals surface area contributed by atoms with Crippen molar-refractivity contribution in [2.24, 2.45) is 5.41 Å². The van der Waals surface area contributed by atoms with E-state index in [1.54, 1.807) is 32.3 Å². The fraction of sp³-hybridized carbons (Fsp3) is 0.647. The van der Waals surface area contributed by atoms with Gasteiger partial charge in [-0.3, -0.25) is 4.90 Å². The first-order valence-electron chi connectivity index (χ1n) is 8.18. The molecule has 1 saturated heterocycles. The Bertz CT molecular complexity index is 614. The summed E-state index contributed by atoms with van der Waals surface area (Å²) in [6.07, 6.45) is 3.00. The van der Waals surface area contributed by atoms with Crippen molar-refractivity contribution >= 4 is 10.0 Å². The maximum atomic E-state index is 12.2. The molecule has 0 spiro atoms. The fourth-order valence-electron chi connectivity index (χ4n) is 3.08. The molecule has 1 heterocycles. The second kappa shape index (κ2) is 7.30. The third kappa shape index (κ3) is 4.12. The molecule has 6 heteroatoms. The summed E-state index contributed by atoms with van der Waals surface area (Å²) in [4.78, 5) is 2.68. The molecule has 1 aromatic carbocycles. The van der Waals surface area contributed by atoms with Crippen LogP contribution in [0.5, 0.6) is 0 Å². The van der Waals surface area contributed by atoms with E-state index in [4.69, 9.17) is 0 Å². The summed E-state index contributed by atoms with van der Waals surface area (Å²) in [6, 6.07) is 7.19. The molecule has 0 saturated carbocycles. The van der Waals surface area contributed by atoms with Crippen LogP contribution in [0.25, 0.3) is 0 Å². The van der Waals surface area contributed by atoms with Gasteiger partial charge in [-0.2, -0.15) is 0 Å². The van der Waals surface area contributed by atoms with Gasteiger partial charge in [0.1, 0.15) is 0 Å². The first-order chi connectivity index (χ1) is 10.8. The lowest BCUT2D eigenvalue weighted by atomic mass is 9.77. The van der Waals surface area contributed by atoms with Crippen LogP contribution in [0, 0.1) is 5.41 Å². The van der Waals surface area contributed by atoms with Crippen molar-refractivity contribution < 1.29 is 13.5 Å². The van der Waals surface area contributed by atoms with Crippen molar-refractivity contribution in [3.8, 4) is 0 Å². The molecule has 23 heavy (non-hydrogen) atoms. The van der Waals surface area contributed by atoms with Gasteiger partial charge in [0.15, 0.2) is 0 Å². The van der Waals surface area contributed by atoms with E-state index in [0.29, 0.717) is 4.90 Å². The van der Waals surface area contributed by atoms with Crippen LogP contribution in [-0.2, 0) is 16.6 Å². The van der Waals surface area contributed by atoms with Crippen molar-refractivity contribution in [3.05, 3.63) is 29.8 Å². The first-order valence-corrected chi connectivity index (χ1v) is 9.62. The van der Waals surface area contributed by atoms with Crippen LogP contribution >= 0.6 is 0 Å². The molecule has 1 aliphatic heterocycles. The van der Waals surface area contributed by atoms with Gasteiger partial charge in [-0.15, -0.1) is 0 Å². The van der Waals surface area contributed by atoms with Crippen molar-refractivity contribution in [2.45, 2.75) is 37.6 Å². The Morgan fingerprint density at radius 3 is 2.43 bits per heavy atom. The number of likely N-dealkylation sites (tertiary alicyclic amines) is 1. The molecule has 1 N–H and O–H groups in total. The zero-order valence-corrected chi connectivity index (χ0v) is 15.1. The Kier molecular flexibility index (Phi) is 5.84. The maximum absolute atomic E-state index is 12.2. The summed E-state index contributed by atoms with van der Waals surface area (Å²) in [5.41, 5.74) is 1.09. The number of hydrogen-bond acceptors (Lipinski definition) is 4. The Labute approximate surface area is 140 Å². The number of aliphatic hydroxyl groups excluding tert-OH is 1. The molecular formula is C17H28N2O3S. The zero-order valence-electron chi connectivity index (χ0n) is 14.3. The Morgan fingerprint density at radius 1 is 1.26 bits per heavy atom. The first kappa shape index (κ1) is 18.4. The SMILES string of the molecule is CCC1(CO)CCN(Cc2cccc(S(=O)(=O)N(C)C)c2)CC1. The van der Waals surface area contributed by atoms with Gasteiger partial charge < -0.3 is 5.11 Å². The Hall–Kier alpha value is -0.950. The van der Waals surface area contributed by atoms with Gasteiger partial charge in [0.25, 0.3) is 0 Å². The summed E-state index contributed by atoms with van der Waals surface area (Å²) in [6.45, 7) is 5.04. The summed E-state index contributed by atoms with van der Waals surface area (Å²) in [5, 5.41) is 9.61. The topological polar surface area (TPSA) is 60.9 Å². The van der Waals surface area contributed by atoms with Crippen LogP contribution in [0.2, 0.25) is 0 Å². The van der Waals surface area contributed by atoms with E-state index < -0.39 is 10.0 Å². The number of aliphatic hydroxyl groups is 1. The van der Waals surface area contributed by atoms with Gasteiger partial charge in [0, 0.05) is 27.2 Å². The molecule has 0 amide bonds. The van der Waals surface area contributed by atoms with Gasteiger partial charge in [-0.1, -0.05) is 19.1 Å². The number of rotatable bonds is 6. The van der Waals surface area contributed by atoms with E-state index in [1.807, 2.05) is 6.07 Å². The predicted octanol–water partition coefficient (Wildman–Crippen LogP) is 1.92. The molecule has 0 aliphatic carbocycles. The predicted molar refractivity (Wildman–Crippen MR) is 91.6 cm³/mol. The summed E-state index contributed by atoms with van der Waals surface area (Å²) in [5.74, 6) is 0. The number of hydrogen-bond donors (Lipinski definition) is 1. The average molecular weight is 340 g/mol. The minimum atomic E-state index is -3.38. The summed E-state index contributed by atoms with van der Waals surface area (Å²) >= 11 is 0. The molecule has 1 fully saturated rings. The van der Waals surface area contributed by atoms with E-state index in [-0.39, 0.29) is 12.0 Å². The van der Waals surface area contributed by atoms with E-state index in [2.05, 4.69) is 11.8 Å².